The summed E-state index contributed by atoms with van der Waals surface area (Å²) in [7, 11) is 0. The van der Waals surface area contributed by atoms with Crippen molar-refractivity contribution in [1.29, 1.82) is 0 Å². The van der Waals surface area contributed by atoms with Crippen LogP contribution in [0.5, 0.6) is 0 Å². The molecule has 0 amide bonds. The fraction of sp³-hybridized carbons (Fsp3) is 0.333. The Kier molecular flexibility index (Phi) is 3.40. The molecule has 3 aromatic heterocycles. The fourth-order valence-electron chi connectivity index (χ4n) is 2.01. The molecule has 0 saturated heterocycles. The summed E-state index contributed by atoms with van der Waals surface area (Å²) in [6.45, 7) is 3.05. The second kappa shape index (κ2) is 5.17. The summed E-state index contributed by atoms with van der Waals surface area (Å²) in [5.74, 6) is 0. The zero-order chi connectivity index (χ0) is 12.4. The number of nitrogens with one attached hydrogen (secondary N) is 1. The van der Waals surface area contributed by atoms with Crippen molar-refractivity contribution in [3.05, 3.63) is 40.1 Å². The van der Waals surface area contributed by atoms with E-state index >= 15 is 0 Å². The van der Waals surface area contributed by atoms with Gasteiger partial charge in [0.25, 0.3) is 0 Å². The van der Waals surface area contributed by atoms with E-state index in [2.05, 4.69) is 38.2 Å². The van der Waals surface area contributed by atoms with E-state index in [0.29, 0.717) is 0 Å². The Bertz CT molecular complexity index is 582. The summed E-state index contributed by atoms with van der Waals surface area (Å²) in [5, 5.41) is 7.62. The SMILES string of the molecule is CCNC(Cc1cn2ccsc2n1)c1cscn1. The van der Waals surface area contributed by atoms with Crippen molar-refractivity contribution in [2.45, 2.75) is 19.4 Å². The molecule has 3 aromatic rings. The number of fused-ring (bicyclic) bond motifs is 1. The van der Waals surface area contributed by atoms with Gasteiger partial charge in [-0.1, -0.05) is 6.92 Å². The second-order valence-electron chi connectivity index (χ2n) is 4.05. The van der Waals surface area contributed by atoms with E-state index in [1.54, 1.807) is 22.7 Å². The molecule has 1 N–H and O–H groups in total. The number of hydrogen-bond acceptors (Lipinski definition) is 5. The minimum Gasteiger partial charge on any atom is -0.309 e. The molecule has 3 heterocycles. The van der Waals surface area contributed by atoms with Crippen molar-refractivity contribution >= 4 is 27.6 Å². The van der Waals surface area contributed by atoms with Crippen LogP contribution in [0.25, 0.3) is 4.96 Å². The number of hydrogen-bond donors (Lipinski definition) is 1. The molecular weight excluding hydrogens is 264 g/mol. The Hall–Kier alpha value is -1.24. The van der Waals surface area contributed by atoms with Gasteiger partial charge in [-0.2, -0.15) is 0 Å². The van der Waals surface area contributed by atoms with Gasteiger partial charge >= 0.3 is 0 Å². The molecule has 3 rings (SSSR count). The molecule has 0 radical (unpaired) electrons. The molecule has 0 bridgehead atoms. The van der Waals surface area contributed by atoms with Crippen LogP contribution in [0.15, 0.2) is 28.7 Å². The highest BCUT2D eigenvalue weighted by Crippen LogP contribution is 2.19. The van der Waals surface area contributed by atoms with Gasteiger partial charge in [0.1, 0.15) is 0 Å². The molecule has 0 spiro atoms. The maximum Gasteiger partial charge on any atom is 0.193 e. The van der Waals surface area contributed by atoms with Gasteiger partial charge in [0.15, 0.2) is 4.96 Å². The second-order valence-corrected chi connectivity index (χ2v) is 5.64. The lowest BCUT2D eigenvalue weighted by Crippen LogP contribution is -2.23. The van der Waals surface area contributed by atoms with Gasteiger partial charge < -0.3 is 5.32 Å². The van der Waals surface area contributed by atoms with Gasteiger partial charge in [0.05, 0.1) is 22.9 Å². The minimum absolute atomic E-state index is 0.255. The van der Waals surface area contributed by atoms with E-state index in [-0.39, 0.29) is 6.04 Å². The third kappa shape index (κ3) is 2.31. The van der Waals surface area contributed by atoms with Crippen LogP contribution in [0, 0.1) is 0 Å². The topological polar surface area (TPSA) is 42.2 Å². The Morgan fingerprint density at radius 1 is 1.50 bits per heavy atom. The predicted octanol–water partition coefficient (Wildman–Crippen LogP) is 2.75. The number of imidazole rings is 1. The molecule has 0 aliphatic heterocycles. The molecule has 0 aliphatic rings. The van der Waals surface area contributed by atoms with Gasteiger partial charge in [0, 0.05) is 29.6 Å². The molecule has 0 aromatic carbocycles. The van der Waals surface area contributed by atoms with Crippen molar-refractivity contribution in [2.24, 2.45) is 0 Å². The summed E-state index contributed by atoms with van der Waals surface area (Å²) in [6.07, 6.45) is 5.02. The first-order valence-electron chi connectivity index (χ1n) is 5.89. The molecule has 0 aliphatic carbocycles. The lowest BCUT2D eigenvalue weighted by Gasteiger charge is -2.14. The Balaban J connectivity index is 1.82. The smallest absolute Gasteiger partial charge is 0.193 e. The molecule has 0 fully saturated rings. The van der Waals surface area contributed by atoms with E-state index in [9.17, 15) is 0 Å². The highest BCUT2D eigenvalue weighted by molar-refractivity contribution is 7.15. The summed E-state index contributed by atoms with van der Waals surface area (Å²) in [5.41, 5.74) is 4.10. The van der Waals surface area contributed by atoms with Crippen LogP contribution in [0.1, 0.15) is 24.4 Å². The third-order valence-electron chi connectivity index (χ3n) is 2.82. The molecule has 1 atom stereocenters. The van der Waals surface area contributed by atoms with Crippen molar-refractivity contribution < 1.29 is 0 Å². The van der Waals surface area contributed by atoms with Gasteiger partial charge in [-0.05, 0) is 6.54 Å². The standard InChI is InChI=1S/C12H14N4S2/c1-2-13-10(11-7-17-8-14-11)5-9-6-16-3-4-18-12(16)15-9/h3-4,6-8,10,13H,2,5H2,1H3. The summed E-state index contributed by atoms with van der Waals surface area (Å²) in [4.78, 5) is 10.1. The predicted molar refractivity (Wildman–Crippen MR) is 75.3 cm³/mol. The Morgan fingerprint density at radius 3 is 3.17 bits per heavy atom. The number of thiazole rings is 2. The maximum absolute atomic E-state index is 4.62. The molecule has 0 saturated carbocycles. The van der Waals surface area contributed by atoms with E-state index in [1.807, 2.05) is 17.1 Å². The monoisotopic (exact) mass is 278 g/mol. The Labute approximate surface area is 113 Å². The van der Waals surface area contributed by atoms with Crippen molar-refractivity contribution in [3.8, 4) is 0 Å². The summed E-state index contributed by atoms with van der Waals surface area (Å²) >= 11 is 3.30. The van der Waals surface area contributed by atoms with Crippen LogP contribution in [-0.2, 0) is 6.42 Å². The largest absolute Gasteiger partial charge is 0.309 e. The lowest BCUT2D eigenvalue weighted by molar-refractivity contribution is 0.535. The third-order valence-corrected chi connectivity index (χ3v) is 4.19. The molecule has 6 heteroatoms. The van der Waals surface area contributed by atoms with Crippen LogP contribution in [0.3, 0.4) is 0 Å². The van der Waals surface area contributed by atoms with Crippen molar-refractivity contribution in [2.75, 3.05) is 6.54 Å². The number of rotatable bonds is 5. The number of nitrogens with zero attached hydrogens (tertiary/aromatic N) is 3. The van der Waals surface area contributed by atoms with Crippen molar-refractivity contribution in [3.63, 3.8) is 0 Å². The first-order valence-corrected chi connectivity index (χ1v) is 7.71. The van der Waals surface area contributed by atoms with E-state index in [4.69, 9.17) is 0 Å². The zero-order valence-electron chi connectivity index (χ0n) is 10.0. The average Bonchev–Trinajstić information content (AvgIpc) is 3.04. The maximum atomic E-state index is 4.62. The molecule has 1 unspecified atom stereocenters. The van der Waals surface area contributed by atoms with E-state index in [1.165, 1.54) is 0 Å². The van der Waals surface area contributed by atoms with Gasteiger partial charge in [0.2, 0.25) is 0 Å². The molecular formula is C12H14N4S2. The average molecular weight is 278 g/mol. The number of likely N-dealkylation sites (N-methyl/N-ethyl adjacent to an activating group) is 1. The van der Waals surface area contributed by atoms with Crippen LogP contribution < -0.4 is 5.32 Å². The van der Waals surface area contributed by atoms with Crippen molar-refractivity contribution in [1.82, 2.24) is 19.7 Å². The van der Waals surface area contributed by atoms with Crippen LogP contribution in [0.4, 0.5) is 0 Å². The van der Waals surface area contributed by atoms with Crippen LogP contribution >= 0.6 is 22.7 Å². The quantitative estimate of drug-likeness (QED) is 0.780. The summed E-state index contributed by atoms with van der Waals surface area (Å²) in [6, 6.07) is 0.255. The normalized spacial score (nSPS) is 13.2. The minimum atomic E-state index is 0.255. The van der Waals surface area contributed by atoms with Crippen LogP contribution in [-0.4, -0.2) is 20.9 Å². The molecule has 18 heavy (non-hydrogen) atoms. The van der Waals surface area contributed by atoms with Gasteiger partial charge in [-0.3, -0.25) is 4.40 Å². The zero-order valence-corrected chi connectivity index (χ0v) is 11.7. The number of aromatic nitrogens is 3. The highest BCUT2D eigenvalue weighted by Gasteiger charge is 2.15. The fourth-order valence-corrected chi connectivity index (χ4v) is 3.33. The van der Waals surface area contributed by atoms with Gasteiger partial charge in [-0.25, -0.2) is 9.97 Å². The summed E-state index contributed by atoms with van der Waals surface area (Å²) < 4.78 is 2.07. The molecule has 4 nitrogen and oxygen atoms in total. The highest BCUT2D eigenvalue weighted by atomic mass is 32.1. The first-order chi connectivity index (χ1) is 8.86. The van der Waals surface area contributed by atoms with E-state index < -0.39 is 0 Å². The van der Waals surface area contributed by atoms with Gasteiger partial charge in [-0.15, -0.1) is 22.7 Å². The Morgan fingerprint density at radius 2 is 2.44 bits per heavy atom. The van der Waals surface area contributed by atoms with E-state index in [0.717, 1.165) is 29.3 Å². The lowest BCUT2D eigenvalue weighted by atomic mass is 10.1. The first kappa shape index (κ1) is 11.8. The van der Waals surface area contributed by atoms with Crippen LogP contribution in [0.2, 0.25) is 0 Å². The molecule has 94 valence electrons.